The van der Waals surface area contributed by atoms with Crippen LogP contribution in [0.15, 0.2) is 18.2 Å². The van der Waals surface area contributed by atoms with E-state index in [1.54, 1.807) is 7.11 Å². The molecule has 1 aromatic rings. The standard InChI is InChI=1S/C13H18N2O6/c1-20-8-9-21-7-3-6-14-13(17)10-4-2-5-11(12(10)16)15(18)19/h2,4-5,16H,3,6-9H2,1H3,(H,14,17). The molecule has 0 unspecified atom stereocenters. The molecular formula is C13H18N2O6. The molecule has 0 aliphatic rings. The van der Waals surface area contributed by atoms with Gasteiger partial charge >= 0.3 is 5.69 Å². The molecule has 1 amide bonds. The molecule has 116 valence electrons. The predicted octanol–water partition coefficient (Wildman–Crippen LogP) is 1.08. The Bertz CT molecular complexity index is 492. The maximum absolute atomic E-state index is 11.8. The Kier molecular flexibility index (Phi) is 7.13. The lowest BCUT2D eigenvalue weighted by Crippen LogP contribution is -2.25. The summed E-state index contributed by atoms with van der Waals surface area (Å²) in [6.45, 7) is 1.79. The molecule has 1 aromatic carbocycles. The fraction of sp³-hybridized carbons (Fsp3) is 0.462. The van der Waals surface area contributed by atoms with E-state index in [-0.39, 0.29) is 5.56 Å². The highest BCUT2D eigenvalue weighted by atomic mass is 16.6. The van der Waals surface area contributed by atoms with Gasteiger partial charge in [-0.2, -0.15) is 0 Å². The van der Waals surface area contributed by atoms with E-state index in [1.165, 1.54) is 12.1 Å². The zero-order chi connectivity index (χ0) is 15.7. The van der Waals surface area contributed by atoms with Crippen molar-refractivity contribution in [1.82, 2.24) is 5.32 Å². The number of hydrogen-bond acceptors (Lipinski definition) is 6. The minimum absolute atomic E-state index is 0.121. The van der Waals surface area contributed by atoms with Crippen LogP contribution < -0.4 is 5.32 Å². The van der Waals surface area contributed by atoms with E-state index in [1.807, 2.05) is 0 Å². The lowest BCUT2D eigenvalue weighted by Gasteiger charge is -2.07. The van der Waals surface area contributed by atoms with Crippen LogP contribution in [0, 0.1) is 10.1 Å². The SMILES string of the molecule is COCCOCCCNC(=O)c1cccc([N+](=O)[O-])c1O. The van der Waals surface area contributed by atoms with E-state index in [4.69, 9.17) is 9.47 Å². The van der Waals surface area contributed by atoms with Crippen molar-refractivity contribution in [2.75, 3.05) is 33.5 Å². The number of aromatic hydroxyl groups is 1. The van der Waals surface area contributed by atoms with E-state index in [0.29, 0.717) is 32.8 Å². The molecule has 21 heavy (non-hydrogen) atoms. The number of phenols is 1. The first kappa shape index (κ1) is 16.9. The van der Waals surface area contributed by atoms with Crippen molar-refractivity contribution in [3.63, 3.8) is 0 Å². The van der Waals surface area contributed by atoms with Crippen molar-refractivity contribution in [3.8, 4) is 5.75 Å². The van der Waals surface area contributed by atoms with Crippen molar-refractivity contribution in [1.29, 1.82) is 0 Å². The first-order valence-corrected chi connectivity index (χ1v) is 6.39. The van der Waals surface area contributed by atoms with Crippen LogP contribution >= 0.6 is 0 Å². The fourth-order valence-corrected chi connectivity index (χ4v) is 1.58. The van der Waals surface area contributed by atoms with Gasteiger partial charge in [-0.15, -0.1) is 0 Å². The van der Waals surface area contributed by atoms with Crippen LogP contribution in [-0.2, 0) is 9.47 Å². The molecule has 0 aliphatic heterocycles. The van der Waals surface area contributed by atoms with Crippen LogP contribution in [0.1, 0.15) is 16.8 Å². The van der Waals surface area contributed by atoms with Gasteiger partial charge in [-0.3, -0.25) is 14.9 Å². The van der Waals surface area contributed by atoms with Crippen LogP contribution in [-0.4, -0.2) is 49.4 Å². The van der Waals surface area contributed by atoms with Gasteiger partial charge in [-0.1, -0.05) is 6.07 Å². The lowest BCUT2D eigenvalue weighted by atomic mass is 10.1. The molecule has 0 saturated carbocycles. The summed E-state index contributed by atoms with van der Waals surface area (Å²) >= 11 is 0. The van der Waals surface area contributed by atoms with Gasteiger partial charge in [0.1, 0.15) is 0 Å². The maximum Gasteiger partial charge on any atom is 0.311 e. The number of benzene rings is 1. The molecular weight excluding hydrogens is 280 g/mol. The lowest BCUT2D eigenvalue weighted by molar-refractivity contribution is -0.385. The molecule has 2 N–H and O–H groups in total. The molecule has 0 spiro atoms. The Labute approximate surface area is 121 Å². The molecule has 0 saturated heterocycles. The van der Waals surface area contributed by atoms with Gasteiger partial charge in [0, 0.05) is 26.3 Å². The van der Waals surface area contributed by atoms with Crippen molar-refractivity contribution < 1.29 is 24.3 Å². The summed E-state index contributed by atoms with van der Waals surface area (Å²) < 4.78 is 10.0. The number of para-hydroxylation sites is 1. The van der Waals surface area contributed by atoms with Crippen molar-refractivity contribution in [2.24, 2.45) is 0 Å². The van der Waals surface area contributed by atoms with E-state index < -0.39 is 22.3 Å². The third kappa shape index (κ3) is 5.36. The molecule has 0 aromatic heterocycles. The Morgan fingerprint density at radius 3 is 2.81 bits per heavy atom. The number of nitrogens with zero attached hydrogens (tertiary/aromatic N) is 1. The number of nitro groups is 1. The summed E-state index contributed by atoms with van der Waals surface area (Å²) in [5, 5.41) is 22.9. The Balaban J connectivity index is 2.42. The Hall–Kier alpha value is -2.19. The van der Waals surface area contributed by atoms with Crippen molar-refractivity contribution in [3.05, 3.63) is 33.9 Å². The minimum Gasteiger partial charge on any atom is -0.502 e. The summed E-state index contributed by atoms with van der Waals surface area (Å²) in [7, 11) is 1.58. The summed E-state index contributed by atoms with van der Waals surface area (Å²) in [5.41, 5.74) is -0.616. The van der Waals surface area contributed by atoms with Gasteiger partial charge in [-0.25, -0.2) is 0 Å². The number of hydrogen-bond donors (Lipinski definition) is 2. The molecule has 0 fully saturated rings. The summed E-state index contributed by atoms with van der Waals surface area (Å²) in [4.78, 5) is 21.7. The number of methoxy groups -OCH3 is 1. The normalized spacial score (nSPS) is 10.3. The highest BCUT2D eigenvalue weighted by Gasteiger charge is 2.20. The van der Waals surface area contributed by atoms with Crippen molar-refractivity contribution >= 4 is 11.6 Å². The van der Waals surface area contributed by atoms with Gasteiger partial charge in [0.15, 0.2) is 0 Å². The number of phenolic OH excluding ortho intramolecular Hbond substituents is 1. The molecule has 0 atom stereocenters. The number of nitrogens with one attached hydrogen (secondary N) is 1. The third-order valence-electron chi connectivity index (χ3n) is 2.64. The molecule has 0 aliphatic carbocycles. The number of carbonyl (C=O) groups is 1. The second kappa shape index (κ2) is 8.88. The van der Waals surface area contributed by atoms with E-state index in [2.05, 4.69) is 5.32 Å². The highest BCUT2D eigenvalue weighted by Crippen LogP contribution is 2.28. The average molecular weight is 298 g/mol. The first-order valence-electron chi connectivity index (χ1n) is 6.39. The van der Waals surface area contributed by atoms with Crippen LogP contribution in [0.4, 0.5) is 5.69 Å². The van der Waals surface area contributed by atoms with E-state index >= 15 is 0 Å². The van der Waals surface area contributed by atoms with Gasteiger partial charge in [0.05, 0.1) is 23.7 Å². The van der Waals surface area contributed by atoms with Crippen molar-refractivity contribution in [2.45, 2.75) is 6.42 Å². The second-order valence-corrected chi connectivity index (χ2v) is 4.15. The molecule has 0 radical (unpaired) electrons. The van der Waals surface area contributed by atoms with E-state index in [0.717, 1.165) is 6.07 Å². The van der Waals surface area contributed by atoms with Gasteiger partial charge < -0.3 is 19.9 Å². The number of amides is 1. The highest BCUT2D eigenvalue weighted by molar-refractivity contribution is 5.98. The van der Waals surface area contributed by atoms with Crippen LogP contribution in [0.5, 0.6) is 5.75 Å². The zero-order valence-corrected chi connectivity index (χ0v) is 11.7. The summed E-state index contributed by atoms with van der Waals surface area (Å²) in [5.74, 6) is -1.19. The fourth-order valence-electron chi connectivity index (χ4n) is 1.58. The number of rotatable bonds is 9. The van der Waals surface area contributed by atoms with Crippen LogP contribution in [0.25, 0.3) is 0 Å². The topological polar surface area (TPSA) is 111 Å². The Morgan fingerprint density at radius 2 is 2.14 bits per heavy atom. The second-order valence-electron chi connectivity index (χ2n) is 4.15. The van der Waals surface area contributed by atoms with E-state index in [9.17, 15) is 20.0 Å². The molecule has 8 nitrogen and oxygen atoms in total. The average Bonchev–Trinajstić information content (AvgIpc) is 2.46. The number of ether oxygens (including phenoxy) is 2. The zero-order valence-electron chi connectivity index (χ0n) is 11.7. The van der Waals surface area contributed by atoms with Gasteiger partial charge in [0.2, 0.25) is 5.75 Å². The van der Waals surface area contributed by atoms with Gasteiger partial charge in [0.25, 0.3) is 5.91 Å². The maximum atomic E-state index is 11.8. The number of nitro benzene ring substituents is 1. The molecule has 1 rings (SSSR count). The number of carbonyl (C=O) groups excluding carboxylic acids is 1. The quantitative estimate of drug-likeness (QED) is 0.401. The smallest absolute Gasteiger partial charge is 0.311 e. The third-order valence-corrected chi connectivity index (χ3v) is 2.64. The summed E-state index contributed by atoms with van der Waals surface area (Å²) in [6.07, 6.45) is 0.588. The largest absolute Gasteiger partial charge is 0.502 e. The monoisotopic (exact) mass is 298 g/mol. The van der Waals surface area contributed by atoms with Crippen LogP contribution in [0.3, 0.4) is 0 Å². The molecule has 0 heterocycles. The predicted molar refractivity (Wildman–Crippen MR) is 74.4 cm³/mol. The van der Waals surface area contributed by atoms with Gasteiger partial charge in [-0.05, 0) is 12.5 Å². The molecule has 0 bridgehead atoms. The van der Waals surface area contributed by atoms with Crippen LogP contribution in [0.2, 0.25) is 0 Å². The first-order chi connectivity index (χ1) is 10.1. The minimum atomic E-state index is -0.740. The Morgan fingerprint density at radius 1 is 1.38 bits per heavy atom. The summed E-state index contributed by atoms with van der Waals surface area (Å²) in [6, 6.07) is 3.81. The molecule has 8 heteroatoms.